The summed E-state index contributed by atoms with van der Waals surface area (Å²) in [6, 6.07) is 12.1. The molecule has 6 nitrogen and oxygen atoms in total. The zero-order chi connectivity index (χ0) is 19.1. The van der Waals surface area contributed by atoms with Gasteiger partial charge in [0.2, 0.25) is 5.91 Å². The molecule has 0 bridgehead atoms. The van der Waals surface area contributed by atoms with E-state index in [2.05, 4.69) is 44.1 Å². The van der Waals surface area contributed by atoms with Gasteiger partial charge in [-0.25, -0.2) is 4.98 Å². The second-order valence-electron chi connectivity index (χ2n) is 7.16. The summed E-state index contributed by atoms with van der Waals surface area (Å²) in [6.45, 7) is 3.80. The number of piperidine rings is 1. The van der Waals surface area contributed by atoms with E-state index in [1.807, 2.05) is 18.2 Å². The van der Waals surface area contributed by atoms with Gasteiger partial charge in [0, 0.05) is 19.0 Å². The fourth-order valence-electron chi connectivity index (χ4n) is 3.63. The Balaban J connectivity index is 1.26. The molecule has 1 fully saturated rings. The van der Waals surface area contributed by atoms with Gasteiger partial charge in [-0.05, 0) is 49.6 Å². The largest absolute Gasteiger partial charge is 0.348 e. The summed E-state index contributed by atoms with van der Waals surface area (Å²) < 4.78 is 9.75. The fraction of sp³-hybridized carbons (Fsp3) is 0.300. The summed E-state index contributed by atoms with van der Waals surface area (Å²) in [5.41, 5.74) is 4.64. The van der Waals surface area contributed by atoms with Gasteiger partial charge in [-0.2, -0.15) is 8.75 Å². The molecule has 2 aromatic heterocycles. The lowest BCUT2D eigenvalue weighted by Gasteiger charge is -2.31. The number of carbonyl (C=O) groups is 1. The number of aromatic nitrogens is 3. The van der Waals surface area contributed by atoms with Crippen molar-refractivity contribution in [1.82, 2.24) is 13.7 Å². The number of aryl methyl sites for hydroxylation is 1. The summed E-state index contributed by atoms with van der Waals surface area (Å²) >= 11 is 2.90. The van der Waals surface area contributed by atoms with E-state index in [1.54, 1.807) is 11.3 Å². The van der Waals surface area contributed by atoms with E-state index >= 15 is 0 Å². The van der Waals surface area contributed by atoms with Crippen LogP contribution in [0.2, 0.25) is 0 Å². The van der Waals surface area contributed by atoms with Crippen LogP contribution < -0.4 is 10.2 Å². The SMILES string of the molecule is Cc1ccc2nc(N3CCC(C(=O)Nc4cccc5nsnc45)CC3)sc2c1. The van der Waals surface area contributed by atoms with Gasteiger partial charge in [-0.3, -0.25) is 4.79 Å². The predicted octanol–water partition coefficient (Wildman–Crippen LogP) is 4.46. The van der Waals surface area contributed by atoms with E-state index < -0.39 is 0 Å². The van der Waals surface area contributed by atoms with Crippen LogP contribution in [0.3, 0.4) is 0 Å². The molecule has 1 amide bonds. The van der Waals surface area contributed by atoms with Crippen LogP contribution in [0.15, 0.2) is 36.4 Å². The van der Waals surface area contributed by atoms with Gasteiger partial charge in [-0.1, -0.05) is 23.5 Å². The molecule has 142 valence electrons. The Morgan fingerprint density at radius 3 is 2.86 bits per heavy atom. The smallest absolute Gasteiger partial charge is 0.227 e. The van der Waals surface area contributed by atoms with Crippen LogP contribution in [-0.2, 0) is 4.79 Å². The van der Waals surface area contributed by atoms with Crippen molar-refractivity contribution in [2.24, 2.45) is 5.92 Å². The van der Waals surface area contributed by atoms with E-state index in [0.717, 1.165) is 53.3 Å². The van der Waals surface area contributed by atoms with Gasteiger partial charge in [-0.15, -0.1) is 0 Å². The van der Waals surface area contributed by atoms with Crippen LogP contribution >= 0.6 is 23.1 Å². The molecule has 1 aliphatic heterocycles. The number of hydrogen-bond donors (Lipinski definition) is 1. The molecule has 0 unspecified atom stereocenters. The number of anilines is 2. The van der Waals surface area contributed by atoms with Gasteiger partial charge in [0.25, 0.3) is 0 Å². The minimum atomic E-state index is 0.00900. The third kappa shape index (κ3) is 3.22. The maximum absolute atomic E-state index is 12.8. The van der Waals surface area contributed by atoms with Crippen molar-refractivity contribution in [3.05, 3.63) is 42.0 Å². The minimum absolute atomic E-state index is 0.00900. The Morgan fingerprint density at radius 1 is 1.14 bits per heavy atom. The van der Waals surface area contributed by atoms with Crippen LogP contribution in [-0.4, -0.2) is 32.7 Å². The number of carbonyl (C=O) groups excluding carboxylic acids is 1. The highest BCUT2D eigenvalue weighted by atomic mass is 32.1. The van der Waals surface area contributed by atoms with Crippen molar-refractivity contribution in [3.63, 3.8) is 0 Å². The zero-order valence-corrected chi connectivity index (χ0v) is 17.0. The standard InChI is InChI=1S/C20H19N5OS2/c1-12-5-6-14-17(11-12)27-20(22-14)25-9-7-13(8-10-25)19(26)21-15-3-2-4-16-18(15)24-28-23-16/h2-6,11,13H,7-10H2,1H3,(H,21,26). The topological polar surface area (TPSA) is 71.0 Å². The van der Waals surface area contributed by atoms with Crippen molar-refractivity contribution < 1.29 is 4.79 Å². The maximum atomic E-state index is 12.8. The first kappa shape index (κ1) is 17.5. The van der Waals surface area contributed by atoms with Crippen LogP contribution in [0.1, 0.15) is 18.4 Å². The second kappa shape index (κ2) is 7.10. The van der Waals surface area contributed by atoms with E-state index in [9.17, 15) is 4.79 Å². The number of amides is 1. The number of rotatable bonds is 3. The van der Waals surface area contributed by atoms with Crippen molar-refractivity contribution in [3.8, 4) is 0 Å². The van der Waals surface area contributed by atoms with E-state index in [-0.39, 0.29) is 11.8 Å². The minimum Gasteiger partial charge on any atom is -0.348 e. The van der Waals surface area contributed by atoms with Crippen molar-refractivity contribution in [1.29, 1.82) is 0 Å². The lowest BCUT2D eigenvalue weighted by molar-refractivity contribution is -0.120. The molecular weight excluding hydrogens is 390 g/mol. The summed E-state index contributed by atoms with van der Waals surface area (Å²) in [5, 5.41) is 4.11. The van der Waals surface area contributed by atoms with Crippen LogP contribution in [0, 0.1) is 12.8 Å². The molecule has 28 heavy (non-hydrogen) atoms. The molecule has 0 aliphatic carbocycles. The van der Waals surface area contributed by atoms with E-state index in [4.69, 9.17) is 4.98 Å². The normalized spacial score (nSPS) is 15.4. The first-order valence-corrected chi connectivity index (χ1v) is 10.9. The van der Waals surface area contributed by atoms with Gasteiger partial charge in [0.15, 0.2) is 5.13 Å². The Bertz CT molecular complexity index is 1160. The lowest BCUT2D eigenvalue weighted by atomic mass is 9.96. The molecule has 0 atom stereocenters. The fourth-order valence-corrected chi connectivity index (χ4v) is 5.29. The molecule has 2 aromatic carbocycles. The average molecular weight is 410 g/mol. The average Bonchev–Trinajstić information content (AvgIpc) is 3.35. The summed E-state index contributed by atoms with van der Waals surface area (Å²) in [5.74, 6) is 0.0785. The molecule has 4 aromatic rings. The maximum Gasteiger partial charge on any atom is 0.227 e. The molecule has 0 radical (unpaired) electrons. The van der Waals surface area contributed by atoms with Crippen molar-refractivity contribution in [2.45, 2.75) is 19.8 Å². The molecule has 3 heterocycles. The third-order valence-electron chi connectivity index (χ3n) is 5.21. The summed E-state index contributed by atoms with van der Waals surface area (Å²) in [4.78, 5) is 19.8. The molecule has 5 rings (SSSR count). The molecule has 0 saturated carbocycles. The highest BCUT2D eigenvalue weighted by Crippen LogP contribution is 2.32. The number of fused-ring (bicyclic) bond motifs is 2. The molecule has 1 saturated heterocycles. The molecular formula is C20H19N5OS2. The Kier molecular flexibility index (Phi) is 4.44. The number of benzene rings is 2. The van der Waals surface area contributed by atoms with Crippen molar-refractivity contribution >= 4 is 61.0 Å². The van der Waals surface area contributed by atoms with Crippen molar-refractivity contribution in [2.75, 3.05) is 23.3 Å². The Hall–Kier alpha value is -2.58. The van der Waals surface area contributed by atoms with Gasteiger partial charge >= 0.3 is 0 Å². The highest BCUT2D eigenvalue weighted by Gasteiger charge is 2.27. The van der Waals surface area contributed by atoms with E-state index in [1.165, 1.54) is 22.0 Å². The molecule has 0 spiro atoms. The molecule has 1 N–H and O–H groups in total. The van der Waals surface area contributed by atoms with Gasteiger partial charge in [0.1, 0.15) is 11.0 Å². The number of nitrogens with one attached hydrogen (secondary N) is 1. The number of hydrogen-bond acceptors (Lipinski definition) is 7. The predicted molar refractivity (Wildman–Crippen MR) is 115 cm³/mol. The van der Waals surface area contributed by atoms with Crippen LogP contribution in [0.4, 0.5) is 10.8 Å². The van der Waals surface area contributed by atoms with Gasteiger partial charge < -0.3 is 10.2 Å². The zero-order valence-electron chi connectivity index (χ0n) is 15.4. The molecule has 1 aliphatic rings. The number of thiazole rings is 1. The Labute approximate surface area is 170 Å². The summed E-state index contributed by atoms with van der Waals surface area (Å²) in [6.07, 6.45) is 1.65. The monoisotopic (exact) mass is 409 g/mol. The highest BCUT2D eigenvalue weighted by molar-refractivity contribution is 7.22. The van der Waals surface area contributed by atoms with Crippen LogP contribution in [0.5, 0.6) is 0 Å². The molecule has 8 heteroatoms. The van der Waals surface area contributed by atoms with Crippen LogP contribution in [0.25, 0.3) is 21.3 Å². The summed E-state index contributed by atoms with van der Waals surface area (Å²) in [7, 11) is 0. The first-order chi connectivity index (χ1) is 13.7. The number of nitrogens with zero attached hydrogens (tertiary/aromatic N) is 4. The lowest BCUT2D eigenvalue weighted by Crippen LogP contribution is -2.38. The second-order valence-corrected chi connectivity index (χ2v) is 8.69. The van der Waals surface area contributed by atoms with E-state index in [0.29, 0.717) is 0 Å². The first-order valence-electron chi connectivity index (χ1n) is 9.32. The Morgan fingerprint density at radius 2 is 2.00 bits per heavy atom. The quantitative estimate of drug-likeness (QED) is 0.541. The van der Waals surface area contributed by atoms with Gasteiger partial charge in [0.05, 0.1) is 27.6 Å². The third-order valence-corrected chi connectivity index (χ3v) is 6.83.